The van der Waals surface area contributed by atoms with Crippen molar-refractivity contribution < 1.29 is 9.53 Å². The third-order valence-electron chi connectivity index (χ3n) is 3.44. The summed E-state index contributed by atoms with van der Waals surface area (Å²) in [5.41, 5.74) is 2.31. The second kappa shape index (κ2) is 7.81. The van der Waals surface area contributed by atoms with Gasteiger partial charge in [0.1, 0.15) is 5.75 Å². The van der Waals surface area contributed by atoms with Crippen LogP contribution < -0.4 is 4.74 Å². The maximum atomic E-state index is 12.2. The summed E-state index contributed by atoms with van der Waals surface area (Å²) in [4.78, 5) is 13.8. The molecule has 1 amide bonds. The maximum Gasteiger partial charge on any atom is 0.246 e. The molecule has 2 aromatic rings. The van der Waals surface area contributed by atoms with Gasteiger partial charge in [-0.05, 0) is 35.4 Å². The van der Waals surface area contributed by atoms with E-state index in [0.29, 0.717) is 12.1 Å². The number of rotatable bonds is 5. The van der Waals surface area contributed by atoms with Crippen LogP contribution in [0, 0.1) is 11.3 Å². The number of benzene rings is 2. The first-order valence-corrected chi connectivity index (χ1v) is 7.19. The maximum absolute atomic E-state index is 12.2. The molecule has 0 unspecified atom stereocenters. The molecule has 23 heavy (non-hydrogen) atoms. The lowest BCUT2D eigenvalue weighted by atomic mass is 10.1. The van der Waals surface area contributed by atoms with Gasteiger partial charge in [0.25, 0.3) is 0 Å². The highest BCUT2D eigenvalue weighted by atomic mass is 16.5. The molecular formula is C19H18N2O2. The molecule has 2 aromatic carbocycles. The van der Waals surface area contributed by atoms with E-state index >= 15 is 0 Å². The minimum atomic E-state index is -0.117. The second-order valence-corrected chi connectivity index (χ2v) is 5.07. The Balaban J connectivity index is 2.02. The van der Waals surface area contributed by atoms with Crippen LogP contribution in [0.3, 0.4) is 0 Å². The lowest BCUT2D eigenvalue weighted by Gasteiger charge is -2.15. The average Bonchev–Trinajstić information content (AvgIpc) is 2.60. The molecule has 0 spiro atoms. The van der Waals surface area contributed by atoms with Gasteiger partial charge in [0.2, 0.25) is 5.91 Å². The van der Waals surface area contributed by atoms with Crippen molar-refractivity contribution in [2.75, 3.05) is 14.2 Å². The Bertz CT molecular complexity index is 743. The highest BCUT2D eigenvalue weighted by Crippen LogP contribution is 2.13. The zero-order valence-electron chi connectivity index (χ0n) is 13.2. The van der Waals surface area contributed by atoms with Crippen LogP contribution in [0.5, 0.6) is 5.75 Å². The molecule has 0 heterocycles. The van der Waals surface area contributed by atoms with Crippen molar-refractivity contribution >= 4 is 12.0 Å². The first-order chi connectivity index (χ1) is 11.1. The molecule has 0 aliphatic heterocycles. The van der Waals surface area contributed by atoms with E-state index in [4.69, 9.17) is 10.00 Å². The number of ether oxygens (including phenoxy) is 1. The molecule has 116 valence electrons. The topological polar surface area (TPSA) is 53.3 Å². The van der Waals surface area contributed by atoms with Gasteiger partial charge in [0.05, 0.1) is 18.7 Å². The number of carbonyl (C=O) groups excluding carboxylic acids is 1. The molecule has 0 radical (unpaired) electrons. The second-order valence-electron chi connectivity index (χ2n) is 5.07. The molecule has 0 N–H and O–H groups in total. The highest BCUT2D eigenvalue weighted by molar-refractivity contribution is 5.91. The predicted octanol–water partition coefficient (Wildman–Crippen LogP) is 3.24. The van der Waals surface area contributed by atoms with Gasteiger partial charge in [-0.2, -0.15) is 5.26 Å². The number of carbonyl (C=O) groups is 1. The van der Waals surface area contributed by atoms with Crippen LogP contribution in [0.1, 0.15) is 16.7 Å². The van der Waals surface area contributed by atoms with Gasteiger partial charge in [-0.15, -0.1) is 0 Å². The van der Waals surface area contributed by atoms with Gasteiger partial charge in [-0.25, -0.2) is 0 Å². The van der Waals surface area contributed by atoms with E-state index in [0.717, 1.165) is 16.9 Å². The summed E-state index contributed by atoms with van der Waals surface area (Å²) in [5.74, 6) is 0.671. The molecule has 2 rings (SSSR count). The Kier molecular flexibility index (Phi) is 5.54. The normalized spacial score (nSPS) is 10.3. The van der Waals surface area contributed by atoms with Crippen molar-refractivity contribution in [1.82, 2.24) is 4.90 Å². The van der Waals surface area contributed by atoms with Crippen LogP contribution in [-0.2, 0) is 11.3 Å². The van der Waals surface area contributed by atoms with E-state index in [1.165, 1.54) is 6.08 Å². The van der Waals surface area contributed by atoms with Crippen LogP contribution in [0.25, 0.3) is 6.08 Å². The standard InChI is InChI=1S/C19H18N2O2/c1-21(14-15-7-10-18(23-2)11-8-15)19(22)12-9-16-5-3-4-6-17(16)13-20/h3-12H,14H2,1-2H3/b12-9-. The molecule has 4 nitrogen and oxygen atoms in total. The Morgan fingerprint density at radius 3 is 2.57 bits per heavy atom. The fraction of sp³-hybridized carbons (Fsp3) is 0.158. The van der Waals surface area contributed by atoms with E-state index in [1.807, 2.05) is 36.4 Å². The van der Waals surface area contributed by atoms with Crippen molar-refractivity contribution in [3.63, 3.8) is 0 Å². The Labute approximate surface area is 136 Å². The molecular weight excluding hydrogens is 288 g/mol. The van der Waals surface area contributed by atoms with Crippen molar-refractivity contribution in [3.05, 3.63) is 71.3 Å². The molecule has 0 atom stereocenters. The van der Waals surface area contributed by atoms with Gasteiger partial charge in [0, 0.05) is 19.7 Å². The van der Waals surface area contributed by atoms with E-state index < -0.39 is 0 Å². The van der Waals surface area contributed by atoms with Gasteiger partial charge in [-0.1, -0.05) is 30.3 Å². The molecule has 0 aromatic heterocycles. The summed E-state index contributed by atoms with van der Waals surface area (Å²) in [7, 11) is 3.36. The number of nitriles is 1. The zero-order chi connectivity index (χ0) is 16.7. The van der Waals surface area contributed by atoms with Crippen molar-refractivity contribution in [2.45, 2.75) is 6.54 Å². The van der Waals surface area contributed by atoms with Crippen LogP contribution in [0.2, 0.25) is 0 Å². The van der Waals surface area contributed by atoms with E-state index in [1.54, 1.807) is 37.3 Å². The average molecular weight is 306 g/mol. The Hall–Kier alpha value is -3.06. The molecule has 0 saturated carbocycles. The zero-order valence-corrected chi connectivity index (χ0v) is 13.2. The minimum absolute atomic E-state index is 0.117. The number of nitrogens with zero attached hydrogens (tertiary/aromatic N) is 2. The number of hydrogen-bond donors (Lipinski definition) is 0. The first-order valence-electron chi connectivity index (χ1n) is 7.19. The van der Waals surface area contributed by atoms with Gasteiger partial charge < -0.3 is 9.64 Å². The fourth-order valence-electron chi connectivity index (χ4n) is 2.12. The van der Waals surface area contributed by atoms with Crippen LogP contribution in [0.4, 0.5) is 0 Å². The molecule has 0 aliphatic rings. The molecule has 0 aliphatic carbocycles. The van der Waals surface area contributed by atoms with Crippen molar-refractivity contribution in [2.24, 2.45) is 0 Å². The third-order valence-corrected chi connectivity index (χ3v) is 3.44. The van der Waals surface area contributed by atoms with Gasteiger partial charge in [-0.3, -0.25) is 4.79 Å². The number of hydrogen-bond acceptors (Lipinski definition) is 3. The number of likely N-dealkylation sites (N-methyl/N-ethyl adjacent to an activating group) is 1. The molecule has 4 heteroatoms. The molecule has 0 saturated heterocycles. The minimum Gasteiger partial charge on any atom is -0.497 e. The molecule has 0 bridgehead atoms. The summed E-state index contributed by atoms with van der Waals surface area (Å²) in [6, 6.07) is 16.9. The first kappa shape index (κ1) is 16.3. The fourth-order valence-corrected chi connectivity index (χ4v) is 2.12. The summed E-state index contributed by atoms with van der Waals surface area (Å²) in [6.07, 6.45) is 3.16. The number of methoxy groups -OCH3 is 1. The van der Waals surface area contributed by atoms with Crippen LogP contribution >= 0.6 is 0 Å². The Morgan fingerprint density at radius 2 is 1.91 bits per heavy atom. The highest BCUT2D eigenvalue weighted by Gasteiger charge is 2.06. The smallest absolute Gasteiger partial charge is 0.246 e. The van der Waals surface area contributed by atoms with Crippen molar-refractivity contribution in [3.8, 4) is 11.8 Å². The monoisotopic (exact) mass is 306 g/mol. The summed E-state index contributed by atoms with van der Waals surface area (Å²) in [6.45, 7) is 0.507. The lowest BCUT2D eigenvalue weighted by Crippen LogP contribution is -2.24. The third kappa shape index (κ3) is 4.45. The quantitative estimate of drug-likeness (QED) is 0.797. The SMILES string of the molecule is COc1ccc(CN(C)C(=O)/C=C\c2ccccc2C#N)cc1. The van der Waals surface area contributed by atoms with E-state index in [2.05, 4.69) is 6.07 Å². The van der Waals surface area contributed by atoms with E-state index in [9.17, 15) is 4.79 Å². The lowest BCUT2D eigenvalue weighted by molar-refractivity contribution is -0.125. The predicted molar refractivity (Wildman–Crippen MR) is 89.7 cm³/mol. The van der Waals surface area contributed by atoms with Crippen LogP contribution in [-0.4, -0.2) is 25.0 Å². The molecule has 0 fully saturated rings. The van der Waals surface area contributed by atoms with E-state index in [-0.39, 0.29) is 5.91 Å². The van der Waals surface area contributed by atoms with Crippen LogP contribution in [0.15, 0.2) is 54.6 Å². The number of amides is 1. The van der Waals surface area contributed by atoms with Crippen molar-refractivity contribution in [1.29, 1.82) is 5.26 Å². The summed E-state index contributed by atoms with van der Waals surface area (Å²) < 4.78 is 5.11. The summed E-state index contributed by atoms with van der Waals surface area (Å²) >= 11 is 0. The Morgan fingerprint density at radius 1 is 1.22 bits per heavy atom. The summed E-state index contributed by atoms with van der Waals surface area (Å²) in [5, 5.41) is 9.04. The largest absolute Gasteiger partial charge is 0.497 e. The van der Waals surface area contributed by atoms with Gasteiger partial charge in [0.15, 0.2) is 0 Å². The van der Waals surface area contributed by atoms with Gasteiger partial charge >= 0.3 is 0 Å².